The van der Waals surface area contributed by atoms with Crippen LogP contribution in [-0.2, 0) is 24.2 Å². The van der Waals surface area contributed by atoms with Crippen LogP contribution in [-0.4, -0.2) is 24.0 Å². The Hall–Kier alpha value is -1.74. The third-order valence-corrected chi connectivity index (χ3v) is 7.00. The van der Waals surface area contributed by atoms with Crippen LogP contribution in [0.15, 0.2) is 48.5 Å². The Morgan fingerprint density at radius 1 is 0.833 bits per heavy atom. The van der Waals surface area contributed by atoms with Crippen LogP contribution < -0.4 is 0 Å². The van der Waals surface area contributed by atoms with E-state index >= 15 is 8.78 Å². The van der Waals surface area contributed by atoms with E-state index in [9.17, 15) is 0 Å². The third kappa shape index (κ3) is 4.77. The number of rotatable bonds is 11. The van der Waals surface area contributed by atoms with E-state index in [1.54, 1.807) is 0 Å². The molecule has 2 aromatic rings. The van der Waals surface area contributed by atoms with Crippen LogP contribution in [0.2, 0.25) is 0 Å². The van der Waals surface area contributed by atoms with E-state index in [0.29, 0.717) is 31.7 Å². The van der Waals surface area contributed by atoms with Gasteiger partial charge in [-0.15, -0.1) is 0 Å². The molecule has 2 saturated carbocycles. The lowest BCUT2D eigenvalue weighted by molar-refractivity contribution is 0.201. The molecule has 0 aromatic heterocycles. The summed E-state index contributed by atoms with van der Waals surface area (Å²) in [5.74, 6) is 0. The highest BCUT2D eigenvalue weighted by Crippen LogP contribution is 2.56. The molecule has 0 bridgehead atoms. The molecule has 0 N–H and O–H groups in total. The molecule has 2 aliphatic carbocycles. The molecule has 0 radical (unpaired) electrons. The van der Waals surface area contributed by atoms with Gasteiger partial charge in [0.25, 0.3) is 0 Å². The predicted octanol–water partition coefficient (Wildman–Crippen LogP) is 6.88. The van der Waals surface area contributed by atoms with Gasteiger partial charge in [0.15, 0.2) is 0 Å². The lowest BCUT2D eigenvalue weighted by atomic mass is 9.89. The minimum absolute atomic E-state index is 0.388. The van der Waals surface area contributed by atoms with E-state index in [1.807, 2.05) is 18.2 Å². The smallest absolute Gasteiger partial charge is 0.136 e. The summed E-state index contributed by atoms with van der Waals surface area (Å²) in [5.41, 5.74) is 1.43. The lowest BCUT2D eigenvalue weighted by Gasteiger charge is -2.30. The Bertz CT molecular complexity index is 803. The largest absolute Gasteiger partial charge is 0.300 e. The second-order valence-corrected chi connectivity index (χ2v) is 9.42. The SMILES string of the molecule is CCCN(CCc1ccccc1)C(C)CCc1c(C2(F)CC2)cccc1C1(F)CC1. The summed E-state index contributed by atoms with van der Waals surface area (Å²) >= 11 is 0. The van der Waals surface area contributed by atoms with E-state index in [4.69, 9.17) is 0 Å². The summed E-state index contributed by atoms with van der Waals surface area (Å²) in [6, 6.07) is 16.7. The molecule has 0 aliphatic heterocycles. The summed E-state index contributed by atoms with van der Waals surface area (Å²) < 4.78 is 30.1. The molecule has 0 saturated heterocycles. The maximum Gasteiger partial charge on any atom is 0.136 e. The van der Waals surface area contributed by atoms with Crippen molar-refractivity contribution in [2.75, 3.05) is 13.1 Å². The zero-order chi connectivity index (χ0) is 21.2. The summed E-state index contributed by atoms with van der Waals surface area (Å²) in [6.45, 7) is 6.57. The number of halogens is 2. The Morgan fingerprint density at radius 3 is 1.97 bits per heavy atom. The maximum absolute atomic E-state index is 15.1. The molecule has 2 aliphatic rings. The average Bonchev–Trinajstić information content (AvgIpc) is 3.69. The lowest BCUT2D eigenvalue weighted by Crippen LogP contribution is -2.36. The van der Waals surface area contributed by atoms with Crippen LogP contribution >= 0.6 is 0 Å². The van der Waals surface area contributed by atoms with Crippen molar-refractivity contribution in [3.8, 4) is 0 Å². The molecule has 1 nitrogen and oxygen atoms in total. The summed E-state index contributed by atoms with van der Waals surface area (Å²) in [5, 5.41) is 0. The number of alkyl halides is 2. The fraction of sp³-hybridized carbons (Fsp3) is 0.556. The standard InChI is InChI=1S/C27H35F2N/c1-3-19-30(20-14-22-8-5-4-6-9-22)21(2)12-13-23-24(26(28)15-16-26)10-7-11-25(23)27(29)17-18-27/h4-11,21H,3,12-20H2,1-2H3. The van der Waals surface area contributed by atoms with Gasteiger partial charge < -0.3 is 4.90 Å². The van der Waals surface area contributed by atoms with E-state index in [0.717, 1.165) is 55.5 Å². The molecule has 0 spiro atoms. The van der Waals surface area contributed by atoms with E-state index < -0.39 is 11.3 Å². The van der Waals surface area contributed by atoms with Crippen molar-refractivity contribution in [3.05, 3.63) is 70.8 Å². The normalized spacial score (nSPS) is 19.6. The quantitative estimate of drug-likeness (QED) is 0.389. The van der Waals surface area contributed by atoms with Crippen LogP contribution in [0.1, 0.15) is 74.6 Å². The number of nitrogens with zero attached hydrogens (tertiary/aromatic N) is 1. The first-order valence-corrected chi connectivity index (χ1v) is 11.7. The minimum Gasteiger partial charge on any atom is -0.300 e. The van der Waals surface area contributed by atoms with Gasteiger partial charge in [0.2, 0.25) is 0 Å². The molecule has 30 heavy (non-hydrogen) atoms. The number of hydrogen-bond acceptors (Lipinski definition) is 1. The van der Waals surface area contributed by atoms with Crippen LogP contribution in [0.25, 0.3) is 0 Å². The molecule has 1 unspecified atom stereocenters. The molecule has 4 rings (SSSR count). The summed E-state index contributed by atoms with van der Waals surface area (Å²) in [4.78, 5) is 2.54. The van der Waals surface area contributed by atoms with Crippen molar-refractivity contribution in [1.29, 1.82) is 0 Å². The van der Waals surface area contributed by atoms with Gasteiger partial charge in [-0.2, -0.15) is 0 Å². The van der Waals surface area contributed by atoms with Gasteiger partial charge in [-0.1, -0.05) is 55.5 Å². The fourth-order valence-electron chi connectivity index (χ4n) is 4.75. The van der Waals surface area contributed by atoms with Crippen molar-refractivity contribution < 1.29 is 8.78 Å². The number of benzene rings is 2. The monoisotopic (exact) mass is 411 g/mol. The second kappa shape index (κ2) is 8.78. The van der Waals surface area contributed by atoms with Crippen LogP contribution in [0.4, 0.5) is 8.78 Å². The second-order valence-electron chi connectivity index (χ2n) is 9.42. The van der Waals surface area contributed by atoms with Gasteiger partial charge in [-0.05, 0) is 87.1 Å². The summed E-state index contributed by atoms with van der Waals surface area (Å²) in [6.07, 6.45) is 6.17. The van der Waals surface area contributed by atoms with Crippen molar-refractivity contribution in [3.63, 3.8) is 0 Å². The van der Waals surface area contributed by atoms with Gasteiger partial charge in [-0.3, -0.25) is 0 Å². The van der Waals surface area contributed by atoms with Crippen LogP contribution in [0.3, 0.4) is 0 Å². The highest BCUT2D eigenvalue weighted by atomic mass is 19.1. The zero-order valence-corrected chi connectivity index (χ0v) is 18.5. The Kier molecular flexibility index (Phi) is 6.29. The molecule has 0 heterocycles. The van der Waals surface area contributed by atoms with Crippen molar-refractivity contribution >= 4 is 0 Å². The molecule has 1 atom stereocenters. The van der Waals surface area contributed by atoms with Crippen molar-refractivity contribution in [2.45, 2.75) is 82.6 Å². The average molecular weight is 412 g/mol. The first kappa shape index (κ1) is 21.5. The molecule has 2 aromatic carbocycles. The minimum atomic E-state index is -1.21. The van der Waals surface area contributed by atoms with E-state index in [-0.39, 0.29) is 0 Å². The number of hydrogen-bond donors (Lipinski definition) is 0. The summed E-state index contributed by atoms with van der Waals surface area (Å²) in [7, 11) is 0. The molecule has 162 valence electrons. The van der Waals surface area contributed by atoms with Crippen LogP contribution in [0.5, 0.6) is 0 Å². The Labute approximate surface area is 180 Å². The predicted molar refractivity (Wildman–Crippen MR) is 120 cm³/mol. The van der Waals surface area contributed by atoms with E-state index in [2.05, 4.69) is 49.1 Å². The third-order valence-electron chi connectivity index (χ3n) is 7.00. The first-order chi connectivity index (χ1) is 14.5. The van der Waals surface area contributed by atoms with Gasteiger partial charge in [0.05, 0.1) is 0 Å². The first-order valence-electron chi connectivity index (χ1n) is 11.7. The van der Waals surface area contributed by atoms with Crippen LogP contribution in [0, 0.1) is 0 Å². The zero-order valence-electron chi connectivity index (χ0n) is 18.5. The van der Waals surface area contributed by atoms with Crippen molar-refractivity contribution in [2.24, 2.45) is 0 Å². The highest BCUT2D eigenvalue weighted by Gasteiger charge is 2.50. The van der Waals surface area contributed by atoms with Gasteiger partial charge in [-0.25, -0.2) is 8.78 Å². The highest BCUT2D eigenvalue weighted by molar-refractivity contribution is 5.46. The Balaban J connectivity index is 1.46. The molecule has 0 amide bonds. The molecular weight excluding hydrogens is 376 g/mol. The molecule has 2 fully saturated rings. The molecule has 3 heteroatoms. The van der Waals surface area contributed by atoms with Crippen molar-refractivity contribution in [1.82, 2.24) is 4.90 Å². The van der Waals surface area contributed by atoms with E-state index in [1.165, 1.54) is 5.56 Å². The van der Waals surface area contributed by atoms with Gasteiger partial charge >= 0.3 is 0 Å². The topological polar surface area (TPSA) is 3.24 Å². The molecular formula is C27H35F2N. The van der Waals surface area contributed by atoms with Gasteiger partial charge in [0.1, 0.15) is 11.3 Å². The fourth-order valence-corrected chi connectivity index (χ4v) is 4.75. The van der Waals surface area contributed by atoms with Gasteiger partial charge in [0, 0.05) is 12.6 Å². The Morgan fingerprint density at radius 2 is 1.43 bits per heavy atom. The maximum atomic E-state index is 15.1.